The van der Waals surface area contributed by atoms with Gasteiger partial charge in [-0.1, -0.05) is 149 Å². The first-order chi connectivity index (χ1) is 36.1. The predicted octanol–water partition coefficient (Wildman–Crippen LogP) is 9.97. The number of esters is 2. The standard InChI is InChI=1S/C54H83N3O16P2/c1-3-5-7-9-11-13-15-17-18-19-20-21-22-24-26-28-30-32-34-38-50(60)71-46(42-68-49(59)39-35-37-45(58)36-33-31-29-27-25-23-16-14-12-10-8-6-4-2)43-69-74(64,65)73-75(66,67)70-44-47-51(61)52(62)53(72-47)57-41-40-48(55)56-54(57)63/h11-14,17-18,20-21,23-26,29-33,36,40-41,45-47,51-53,58,61-62H,3-10,15-16,19,22,27-28,34-35,37-39,42-44H2,1-2H3,(H,64,65)(H,66,67)(H2,55,56,63)/b13-11-,14-12-,18-17-,21-20-,25-23-,26-24-,31-29-,32-30-,36-33+/t45-,46-,47-,51-,52-,53-/m1/s1. The molecular formula is C54H83N3O16P2. The van der Waals surface area contributed by atoms with Gasteiger partial charge in [0.1, 0.15) is 30.7 Å². The Morgan fingerprint density at radius 3 is 1.80 bits per heavy atom. The van der Waals surface area contributed by atoms with Gasteiger partial charge in [-0.2, -0.15) is 9.29 Å². The van der Waals surface area contributed by atoms with Crippen molar-refractivity contribution in [2.24, 2.45) is 0 Å². The van der Waals surface area contributed by atoms with Crippen LogP contribution < -0.4 is 11.4 Å². The van der Waals surface area contributed by atoms with Crippen molar-refractivity contribution in [2.45, 2.75) is 173 Å². The van der Waals surface area contributed by atoms with Gasteiger partial charge in [0.25, 0.3) is 0 Å². The summed E-state index contributed by atoms with van der Waals surface area (Å²) in [5, 5.41) is 31.3. The maximum atomic E-state index is 12.9. The zero-order valence-electron chi connectivity index (χ0n) is 43.7. The molecular weight excluding hydrogens is 1010 g/mol. The van der Waals surface area contributed by atoms with E-state index in [0.29, 0.717) is 6.42 Å². The normalized spacial score (nSPS) is 20.1. The van der Waals surface area contributed by atoms with Crippen LogP contribution >= 0.6 is 15.6 Å². The summed E-state index contributed by atoms with van der Waals surface area (Å²) in [4.78, 5) is 61.9. The number of allylic oxidation sites excluding steroid dienone is 17. The third kappa shape index (κ3) is 33.2. The van der Waals surface area contributed by atoms with Gasteiger partial charge in [-0.25, -0.2) is 13.9 Å². The topological polar surface area (TPSA) is 286 Å². The van der Waals surface area contributed by atoms with Gasteiger partial charge in [-0.3, -0.25) is 23.2 Å². The fourth-order valence-corrected chi connectivity index (χ4v) is 8.98. The number of aliphatic hydroxyl groups excluding tert-OH is 3. The van der Waals surface area contributed by atoms with Gasteiger partial charge in [-0.15, -0.1) is 0 Å². The van der Waals surface area contributed by atoms with Gasteiger partial charge in [0, 0.05) is 19.0 Å². The number of aromatic nitrogens is 2. The molecule has 2 rings (SSSR count). The quantitative estimate of drug-likeness (QED) is 0.0117. The lowest BCUT2D eigenvalue weighted by atomic mass is 10.1. The van der Waals surface area contributed by atoms with Crippen LogP contribution in [-0.4, -0.2) is 96.9 Å². The van der Waals surface area contributed by atoms with Crippen LogP contribution in [0.3, 0.4) is 0 Å². The Morgan fingerprint density at radius 2 is 1.24 bits per heavy atom. The van der Waals surface area contributed by atoms with Crippen molar-refractivity contribution in [3.8, 4) is 0 Å². The van der Waals surface area contributed by atoms with Crippen LogP contribution in [-0.2, 0) is 46.3 Å². The van der Waals surface area contributed by atoms with Crippen molar-refractivity contribution in [1.29, 1.82) is 0 Å². The Bertz CT molecular complexity index is 2200. The van der Waals surface area contributed by atoms with E-state index in [-0.39, 0.29) is 37.9 Å². The average Bonchev–Trinajstić information content (AvgIpc) is 3.64. The zero-order chi connectivity index (χ0) is 55.0. The lowest BCUT2D eigenvalue weighted by Gasteiger charge is -2.21. The van der Waals surface area contributed by atoms with Crippen LogP contribution in [0.1, 0.15) is 142 Å². The summed E-state index contributed by atoms with van der Waals surface area (Å²) in [7, 11) is -11.0. The Balaban J connectivity index is 1.89. The first-order valence-corrected chi connectivity index (χ1v) is 29.0. The number of unbranched alkanes of at least 4 members (excludes halogenated alkanes) is 6. The van der Waals surface area contributed by atoms with E-state index >= 15 is 0 Å². The van der Waals surface area contributed by atoms with Crippen LogP contribution in [0.15, 0.2) is 126 Å². The summed E-state index contributed by atoms with van der Waals surface area (Å²) >= 11 is 0. The molecule has 420 valence electrons. The number of phosphoric ester groups is 2. The number of hydrogen-bond acceptors (Lipinski definition) is 16. The van der Waals surface area contributed by atoms with Crippen molar-refractivity contribution in [1.82, 2.24) is 9.55 Å². The van der Waals surface area contributed by atoms with Crippen LogP contribution in [0, 0.1) is 0 Å². The van der Waals surface area contributed by atoms with E-state index in [9.17, 15) is 48.6 Å². The summed E-state index contributed by atoms with van der Waals surface area (Å²) in [6.07, 6.45) is 43.5. The van der Waals surface area contributed by atoms with Crippen LogP contribution in [0.5, 0.6) is 0 Å². The lowest BCUT2D eigenvalue weighted by Crippen LogP contribution is -2.36. The van der Waals surface area contributed by atoms with Crippen LogP contribution in [0.25, 0.3) is 0 Å². The molecule has 2 heterocycles. The van der Waals surface area contributed by atoms with Gasteiger partial charge in [0.15, 0.2) is 12.3 Å². The maximum absolute atomic E-state index is 12.9. The Kier molecular flexibility index (Phi) is 36.0. The highest BCUT2D eigenvalue weighted by Crippen LogP contribution is 2.60. The number of nitrogens with two attached hydrogens (primary N) is 1. The van der Waals surface area contributed by atoms with Crippen LogP contribution in [0.2, 0.25) is 0 Å². The number of ether oxygens (including phenoxy) is 3. The fraction of sp³-hybridized carbons (Fsp3) is 0.556. The molecule has 1 aliphatic rings. The number of aliphatic hydroxyl groups is 3. The SMILES string of the molecule is CCCCC/C=C\C/C=C\C/C=C\C=C\[C@@H](O)CCCC(=O)OC[C@H](COP(=O)(O)OP(=O)(O)OC[C@H]1O[C@@H](n2ccc(N)nc2=O)[C@H](O)[C@@H]1O)OC(=O)CC/C=C\C/C=C\C/C=C\C/C=C\C/C=C\CCCCC. The Labute approximate surface area is 443 Å². The van der Waals surface area contributed by atoms with E-state index in [4.69, 9.17) is 29.0 Å². The summed E-state index contributed by atoms with van der Waals surface area (Å²) in [5.74, 6) is -1.62. The molecule has 0 spiro atoms. The third-order valence-electron chi connectivity index (χ3n) is 10.9. The summed E-state index contributed by atoms with van der Waals surface area (Å²) < 4.78 is 56.5. The van der Waals surface area contributed by atoms with Crippen molar-refractivity contribution in [3.63, 3.8) is 0 Å². The number of hydrogen-bond donors (Lipinski definition) is 6. The molecule has 1 aromatic heterocycles. The van der Waals surface area contributed by atoms with Crippen molar-refractivity contribution >= 4 is 33.4 Å². The largest absolute Gasteiger partial charge is 0.481 e. The molecule has 0 aromatic carbocycles. The molecule has 1 aromatic rings. The first kappa shape index (κ1) is 66.5. The molecule has 1 saturated heterocycles. The Hall–Kier alpha value is -4.62. The highest BCUT2D eigenvalue weighted by Gasteiger charge is 2.46. The van der Waals surface area contributed by atoms with E-state index in [1.807, 2.05) is 30.4 Å². The number of nitrogens with zero attached hydrogens (tertiary/aromatic N) is 2. The fourth-order valence-electron chi connectivity index (χ4n) is 6.87. The molecule has 0 saturated carbocycles. The molecule has 0 radical (unpaired) electrons. The minimum atomic E-state index is -5.49. The summed E-state index contributed by atoms with van der Waals surface area (Å²) in [6.45, 7) is 1.83. The second kappa shape index (κ2) is 40.6. The molecule has 7 N–H and O–H groups in total. The van der Waals surface area contributed by atoms with Gasteiger partial charge < -0.3 is 45.1 Å². The number of nitrogen functional groups attached to an aromatic ring is 1. The van der Waals surface area contributed by atoms with Gasteiger partial charge >= 0.3 is 33.3 Å². The number of rotatable bonds is 41. The number of anilines is 1. The van der Waals surface area contributed by atoms with E-state index in [2.05, 4.69) is 83.9 Å². The summed E-state index contributed by atoms with van der Waals surface area (Å²) in [5.41, 5.74) is 4.57. The van der Waals surface area contributed by atoms with Crippen molar-refractivity contribution < 1.29 is 71.4 Å². The van der Waals surface area contributed by atoms with Crippen molar-refractivity contribution in [2.75, 3.05) is 25.6 Å². The second-order valence-corrected chi connectivity index (χ2v) is 20.6. The van der Waals surface area contributed by atoms with Gasteiger partial charge in [0.2, 0.25) is 0 Å². The number of carbonyl (C=O) groups excluding carboxylic acids is 2. The van der Waals surface area contributed by atoms with Gasteiger partial charge in [0.05, 0.1) is 19.3 Å². The lowest BCUT2D eigenvalue weighted by molar-refractivity contribution is -0.161. The third-order valence-corrected chi connectivity index (χ3v) is 13.5. The predicted molar refractivity (Wildman–Crippen MR) is 290 cm³/mol. The molecule has 75 heavy (non-hydrogen) atoms. The molecule has 8 atom stereocenters. The molecule has 19 nitrogen and oxygen atoms in total. The smallest absolute Gasteiger partial charge is 0.462 e. The zero-order valence-corrected chi connectivity index (χ0v) is 45.4. The molecule has 0 aliphatic carbocycles. The molecule has 1 aliphatic heterocycles. The monoisotopic (exact) mass is 1090 g/mol. The molecule has 21 heteroatoms. The highest BCUT2D eigenvalue weighted by atomic mass is 31.3. The van der Waals surface area contributed by atoms with E-state index in [1.165, 1.54) is 44.6 Å². The molecule has 0 amide bonds. The van der Waals surface area contributed by atoms with Crippen molar-refractivity contribution in [3.05, 3.63) is 132 Å². The van der Waals surface area contributed by atoms with E-state index in [0.717, 1.165) is 55.7 Å². The first-order valence-electron chi connectivity index (χ1n) is 26.0. The minimum Gasteiger partial charge on any atom is -0.462 e. The number of phosphoric acid groups is 2. The molecule has 1 fully saturated rings. The average molecular weight is 1090 g/mol. The Morgan fingerprint density at radius 1 is 0.707 bits per heavy atom. The minimum absolute atomic E-state index is 0.118. The molecule has 2 unspecified atom stereocenters. The summed E-state index contributed by atoms with van der Waals surface area (Å²) in [6, 6.07) is 1.23. The second-order valence-electron chi connectivity index (χ2n) is 17.5. The van der Waals surface area contributed by atoms with Gasteiger partial charge in [-0.05, 0) is 89.5 Å². The number of carbonyl (C=O) groups is 2. The maximum Gasteiger partial charge on any atom is 0.481 e. The molecule has 0 bridgehead atoms. The van der Waals surface area contributed by atoms with E-state index in [1.54, 1.807) is 18.2 Å². The van der Waals surface area contributed by atoms with E-state index < -0.39 is 89.8 Å². The van der Waals surface area contributed by atoms with Crippen LogP contribution in [0.4, 0.5) is 5.82 Å². The highest BCUT2D eigenvalue weighted by molar-refractivity contribution is 7.61.